The molecule has 4 rings (SSSR count). The quantitative estimate of drug-likeness (QED) is 0.895. The lowest BCUT2D eigenvalue weighted by Gasteiger charge is -2.31. The second-order valence-corrected chi connectivity index (χ2v) is 8.13. The first kappa shape index (κ1) is 15.8. The average molecular weight is 356 g/mol. The molecule has 25 heavy (non-hydrogen) atoms. The number of amides is 1. The first-order valence-corrected chi connectivity index (χ1v) is 9.40. The zero-order valence-electron chi connectivity index (χ0n) is 13.6. The van der Waals surface area contributed by atoms with Crippen LogP contribution in [0.2, 0.25) is 0 Å². The van der Waals surface area contributed by atoms with Crippen LogP contribution in [0.4, 0.5) is 11.4 Å². The van der Waals surface area contributed by atoms with Crippen molar-refractivity contribution in [3.8, 4) is 0 Å². The molecule has 0 spiro atoms. The molecule has 0 radical (unpaired) electrons. The van der Waals surface area contributed by atoms with Crippen molar-refractivity contribution in [2.24, 2.45) is 0 Å². The minimum absolute atomic E-state index is 0.0473. The number of ketones is 1. The van der Waals surface area contributed by atoms with Gasteiger partial charge in [0.25, 0.3) is 10.0 Å². The number of benzene rings is 2. The maximum Gasteiger partial charge on any atom is 0.264 e. The van der Waals surface area contributed by atoms with Gasteiger partial charge in [0.2, 0.25) is 5.91 Å². The van der Waals surface area contributed by atoms with Crippen LogP contribution >= 0.6 is 0 Å². The van der Waals surface area contributed by atoms with Crippen LogP contribution in [0.5, 0.6) is 0 Å². The molecule has 0 saturated carbocycles. The van der Waals surface area contributed by atoms with E-state index in [9.17, 15) is 18.0 Å². The third-order valence-electron chi connectivity index (χ3n) is 4.62. The van der Waals surface area contributed by atoms with Crippen LogP contribution in [-0.4, -0.2) is 26.7 Å². The van der Waals surface area contributed by atoms with Gasteiger partial charge >= 0.3 is 0 Å². The highest BCUT2D eigenvalue weighted by molar-refractivity contribution is 7.92. The number of hydrogen-bond acceptors (Lipinski definition) is 4. The molecule has 7 heteroatoms. The summed E-state index contributed by atoms with van der Waals surface area (Å²) in [5, 5.41) is 2.69. The summed E-state index contributed by atoms with van der Waals surface area (Å²) in [5.74, 6) is -0.191. The predicted octanol–water partition coefficient (Wildman–Crippen LogP) is 2.27. The molecule has 0 bridgehead atoms. The smallest absolute Gasteiger partial charge is 0.264 e. The fraction of sp³-hybridized carbons (Fsp3) is 0.222. The second-order valence-electron chi connectivity index (χ2n) is 6.27. The number of nitrogens with one attached hydrogen (secondary N) is 1. The molecule has 0 fully saturated rings. The summed E-state index contributed by atoms with van der Waals surface area (Å²) in [6.07, 6.45) is 0.327. The molecular formula is C18H16N2O4S. The zero-order chi connectivity index (χ0) is 17.8. The summed E-state index contributed by atoms with van der Waals surface area (Å²) in [5.41, 5.74) is 2.95. The Hall–Kier alpha value is -2.67. The Morgan fingerprint density at radius 1 is 1.12 bits per heavy atom. The van der Waals surface area contributed by atoms with Gasteiger partial charge in [-0.25, -0.2) is 8.42 Å². The molecule has 0 aromatic heterocycles. The highest BCUT2D eigenvalue weighted by Crippen LogP contribution is 2.36. The molecule has 2 aromatic rings. The predicted molar refractivity (Wildman–Crippen MR) is 93.4 cm³/mol. The van der Waals surface area contributed by atoms with Gasteiger partial charge in [0.15, 0.2) is 5.78 Å². The number of carbonyl (C=O) groups is 2. The van der Waals surface area contributed by atoms with Gasteiger partial charge in [0.1, 0.15) is 0 Å². The van der Waals surface area contributed by atoms with E-state index in [1.807, 2.05) is 0 Å². The minimum atomic E-state index is -3.82. The van der Waals surface area contributed by atoms with Crippen LogP contribution in [-0.2, 0) is 21.2 Å². The summed E-state index contributed by atoms with van der Waals surface area (Å²) in [4.78, 5) is 23.8. The van der Waals surface area contributed by atoms with Gasteiger partial charge in [-0.15, -0.1) is 0 Å². The maximum absolute atomic E-state index is 13.2. The van der Waals surface area contributed by atoms with Crippen molar-refractivity contribution in [3.63, 3.8) is 0 Å². The molecule has 128 valence electrons. The van der Waals surface area contributed by atoms with Gasteiger partial charge in [0, 0.05) is 24.2 Å². The molecule has 6 nitrogen and oxygen atoms in total. The summed E-state index contributed by atoms with van der Waals surface area (Å²) in [7, 11) is -3.82. The largest absolute Gasteiger partial charge is 0.326 e. The highest BCUT2D eigenvalue weighted by atomic mass is 32.2. The van der Waals surface area contributed by atoms with E-state index < -0.39 is 10.0 Å². The molecule has 2 aliphatic heterocycles. The fourth-order valence-electron chi connectivity index (χ4n) is 3.40. The van der Waals surface area contributed by atoms with E-state index in [-0.39, 0.29) is 36.0 Å². The van der Waals surface area contributed by atoms with Gasteiger partial charge in [-0.05, 0) is 42.3 Å². The Balaban J connectivity index is 1.83. The summed E-state index contributed by atoms with van der Waals surface area (Å²) >= 11 is 0. The third kappa shape index (κ3) is 2.42. The van der Waals surface area contributed by atoms with Crippen LogP contribution in [0.25, 0.3) is 0 Å². The topological polar surface area (TPSA) is 83.6 Å². The Kier molecular flexibility index (Phi) is 3.43. The van der Waals surface area contributed by atoms with Crippen molar-refractivity contribution in [1.82, 2.24) is 0 Å². The lowest BCUT2D eigenvalue weighted by Crippen LogP contribution is -2.38. The summed E-state index contributed by atoms with van der Waals surface area (Å²) < 4.78 is 27.7. The standard InChI is InChI=1S/C18H16N2O4S/c1-11-3-2-4-14-16(21)7-8-20(18(11)14)25(23,24)13-5-6-15-12(9-13)10-17(22)19-15/h2-6,9H,7-8,10H2,1H3,(H,19,22). The maximum atomic E-state index is 13.2. The summed E-state index contributed by atoms with van der Waals surface area (Å²) in [6.45, 7) is 1.92. The van der Waals surface area contributed by atoms with E-state index in [0.29, 0.717) is 22.5 Å². The molecule has 1 amide bonds. The molecule has 0 unspecified atom stereocenters. The molecular weight excluding hydrogens is 340 g/mol. The van der Waals surface area contributed by atoms with Crippen molar-refractivity contribution in [1.29, 1.82) is 0 Å². The van der Waals surface area contributed by atoms with Crippen molar-refractivity contribution < 1.29 is 18.0 Å². The lowest BCUT2D eigenvalue weighted by atomic mass is 9.99. The van der Waals surface area contributed by atoms with Gasteiger partial charge in [-0.1, -0.05) is 12.1 Å². The fourth-order valence-corrected chi connectivity index (χ4v) is 5.00. The minimum Gasteiger partial charge on any atom is -0.326 e. The second kappa shape index (κ2) is 5.42. The number of anilines is 2. The average Bonchev–Trinajstić information content (AvgIpc) is 2.95. The number of nitrogens with zero attached hydrogens (tertiary/aromatic N) is 1. The number of rotatable bonds is 2. The Bertz CT molecular complexity index is 1030. The zero-order valence-corrected chi connectivity index (χ0v) is 14.4. The van der Waals surface area contributed by atoms with Crippen molar-refractivity contribution in [2.75, 3.05) is 16.2 Å². The normalized spacial score (nSPS) is 16.4. The van der Waals surface area contributed by atoms with Crippen LogP contribution in [0.1, 0.15) is 27.9 Å². The van der Waals surface area contributed by atoms with E-state index in [1.165, 1.54) is 16.4 Å². The third-order valence-corrected chi connectivity index (χ3v) is 6.41. The number of carbonyl (C=O) groups excluding carboxylic acids is 2. The SMILES string of the molecule is Cc1cccc2c1N(S(=O)(=O)c1ccc3c(c1)CC(=O)N3)CCC2=O. The number of Topliss-reactive ketones (excluding diaryl/α,β-unsaturated/α-hetero) is 1. The van der Waals surface area contributed by atoms with E-state index in [1.54, 1.807) is 31.2 Å². The van der Waals surface area contributed by atoms with Crippen molar-refractivity contribution in [3.05, 3.63) is 53.1 Å². The molecule has 0 saturated heterocycles. The number of fused-ring (bicyclic) bond motifs is 2. The van der Waals surface area contributed by atoms with Gasteiger partial charge < -0.3 is 5.32 Å². The van der Waals surface area contributed by atoms with Crippen molar-refractivity contribution in [2.45, 2.75) is 24.7 Å². The van der Waals surface area contributed by atoms with E-state index in [2.05, 4.69) is 5.32 Å². The first-order chi connectivity index (χ1) is 11.9. The van der Waals surface area contributed by atoms with E-state index >= 15 is 0 Å². The Morgan fingerprint density at radius 2 is 1.92 bits per heavy atom. The van der Waals surface area contributed by atoms with E-state index in [4.69, 9.17) is 0 Å². The number of para-hydroxylation sites is 1. The van der Waals surface area contributed by atoms with Crippen LogP contribution in [0.3, 0.4) is 0 Å². The number of sulfonamides is 1. The Morgan fingerprint density at radius 3 is 2.72 bits per heavy atom. The van der Waals surface area contributed by atoms with Gasteiger partial charge in [-0.2, -0.15) is 0 Å². The Labute approximate surface area is 145 Å². The molecule has 0 aliphatic carbocycles. The molecule has 2 aliphatic rings. The van der Waals surface area contributed by atoms with Crippen molar-refractivity contribution >= 4 is 33.1 Å². The highest BCUT2D eigenvalue weighted by Gasteiger charge is 2.34. The molecule has 2 heterocycles. The first-order valence-electron chi connectivity index (χ1n) is 7.96. The molecule has 0 atom stereocenters. The van der Waals surface area contributed by atoms with E-state index in [0.717, 1.165) is 5.56 Å². The van der Waals surface area contributed by atoms with Crippen LogP contribution < -0.4 is 9.62 Å². The number of aryl methyl sites for hydroxylation is 1. The lowest BCUT2D eigenvalue weighted by molar-refractivity contribution is -0.115. The molecule has 1 N–H and O–H groups in total. The monoisotopic (exact) mass is 356 g/mol. The van der Waals surface area contributed by atoms with Gasteiger partial charge in [-0.3, -0.25) is 13.9 Å². The summed E-state index contributed by atoms with van der Waals surface area (Å²) in [6, 6.07) is 9.86. The van der Waals surface area contributed by atoms with Crippen LogP contribution in [0, 0.1) is 6.92 Å². The van der Waals surface area contributed by atoms with Crippen LogP contribution in [0.15, 0.2) is 41.3 Å². The number of hydrogen-bond donors (Lipinski definition) is 1. The van der Waals surface area contributed by atoms with Gasteiger partial charge in [0.05, 0.1) is 17.0 Å². The molecule has 2 aromatic carbocycles.